The van der Waals surface area contributed by atoms with Crippen molar-refractivity contribution in [1.29, 1.82) is 0 Å². The Bertz CT molecular complexity index is 341. The molecule has 1 heterocycles. The second-order valence-corrected chi connectivity index (χ2v) is 4.52. The van der Waals surface area contributed by atoms with Crippen LogP contribution >= 0.6 is 0 Å². The van der Waals surface area contributed by atoms with Crippen LogP contribution in [0.15, 0.2) is 0 Å². The van der Waals surface area contributed by atoms with Crippen LogP contribution in [0.1, 0.15) is 55.4 Å². The summed E-state index contributed by atoms with van der Waals surface area (Å²) in [6, 6.07) is 0. The summed E-state index contributed by atoms with van der Waals surface area (Å²) < 4.78 is 0. The maximum atomic E-state index is 5.75. The second kappa shape index (κ2) is 4.27. The zero-order chi connectivity index (χ0) is 10.8. The molecule has 2 rings (SSSR count). The molecule has 82 valence electrons. The quantitative estimate of drug-likeness (QED) is 0.802. The third-order valence-corrected chi connectivity index (χ3v) is 3.00. The molecule has 0 atom stereocenters. The maximum absolute atomic E-state index is 5.75. The summed E-state index contributed by atoms with van der Waals surface area (Å²) in [5, 5.41) is 0. The maximum Gasteiger partial charge on any atom is 0.131 e. The number of nitrogens with two attached hydrogens (primary N) is 1. The van der Waals surface area contributed by atoms with Gasteiger partial charge >= 0.3 is 0 Å². The molecule has 0 fully saturated rings. The highest BCUT2D eigenvalue weighted by molar-refractivity contribution is 5.28. The van der Waals surface area contributed by atoms with E-state index in [4.69, 9.17) is 5.73 Å². The normalized spacial score (nSPS) is 15.5. The van der Waals surface area contributed by atoms with Gasteiger partial charge < -0.3 is 5.73 Å². The molecule has 0 aliphatic heterocycles. The van der Waals surface area contributed by atoms with E-state index in [-0.39, 0.29) is 0 Å². The van der Waals surface area contributed by atoms with Gasteiger partial charge in [0, 0.05) is 18.2 Å². The summed E-state index contributed by atoms with van der Waals surface area (Å²) >= 11 is 0. The number of rotatable bonds is 2. The van der Waals surface area contributed by atoms with Crippen LogP contribution in [0.3, 0.4) is 0 Å². The minimum absolute atomic E-state index is 0.391. The van der Waals surface area contributed by atoms with Crippen LogP contribution in [-0.4, -0.2) is 9.97 Å². The molecule has 0 bridgehead atoms. The van der Waals surface area contributed by atoms with E-state index in [1.165, 1.54) is 24.1 Å². The van der Waals surface area contributed by atoms with E-state index in [9.17, 15) is 0 Å². The Morgan fingerprint density at radius 2 is 1.93 bits per heavy atom. The first kappa shape index (κ1) is 10.6. The average molecular weight is 205 g/mol. The standard InChI is InChI=1S/C12H19N3/c1-8(2)12-14-10-6-4-3-5-9(10)11(7-13)15-12/h8H,3-7,13H2,1-2H3. The first-order valence-corrected chi connectivity index (χ1v) is 5.81. The molecule has 0 spiro atoms. The van der Waals surface area contributed by atoms with E-state index in [2.05, 4.69) is 23.8 Å². The van der Waals surface area contributed by atoms with E-state index in [1.807, 2.05) is 0 Å². The third-order valence-electron chi connectivity index (χ3n) is 3.00. The minimum Gasteiger partial charge on any atom is -0.325 e. The van der Waals surface area contributed by atoms with Gasteiger partial charge in [-0.15, -0.1) is 0 Å². The Labute approximate surface area is 91.1 Å². The van der Waals surface area contributed by atoms with Gasteiger partial charge in [-0.25, -0.2) is 9.97 Å². The highest BCUT2D eigenvalue weighted by Gasteiger charge is 2.17. The number of aromatic nitrogens is 2. The molecule has 0 radical (unpaired) electrons. The molecule has 0 unspecified atom stereocenters. The summed E-state index contributed by atoms with van der Waals surface area (Å²) in [5.41, 5.74) is 9.40. The topological polar surface area (TPSA) is 51.8 Å². The number of hydrogen-bond donors (Lipinski definition) is 1. The second-order valence-electron chi connectivity index (χ2n) is 4.52. The zero-order valence-electron chi connectivity index (χ0n) is 9.58. The molecule has 1 aromatic rings. The average Bonchev–Trinajstić information content (AvgIpc) is 2.27. The van der Waals surface area contributed by atoms with Gasteiger partial charge in [0.25, 0.3) is 0 Å². The Balaban J connectivity index is 2.48. The van der Waals surface area contributed by atoms with Gasteiger partial charge in [0.05, 0.1) is 5.69 Å². The van der Waals surface area contributed by atoms with Crippen LogP contribution in [0.4, 0.5) is 0 Å². The number of hydrogen-bond acceptors (Lipinski definition) is 3. The van der Waals surface area contributed by atoms with E-state index in [1.54, 1.807) is 0 Å². The molecule has 0 saturated carbocycles. The van der Waals surface area contributed by atoms with Crippen molar-refractivity contribution >= 4 is 0 Å². The summed E-state index contributed by atoms with van der Waals surface area (Å²) in [5.74, 6) is 1.35. The third kappa shape index (κ3) is 2.02. The van der Waals surface area contributed by atoms with Crippen molar-refractivity contribution in [1.82, 2.24) is 9.97 Å². The molecule has 1 aliphatic rings. The summed E-state index contributed by atoms with van der Waals surface area (Å²) in [4.78, 5) is 9.22. The van der Waals surface area contributed by atoms with Gasteiger partial charge in [-0.1, -0.05) is 13.8 Å². The molecule has 0 saturated heterocycles. The van der Waals surface area contributed by atoms with Crippen LogP contribution in [0, 0.1) is 0 Å². The SMILES string of the molecule is CC(C)c1nc(CN)c2c(n1)CCCC2. The fourth-order valence-corrected chi connectivity index (χ4v) is 2.12. The molecule has 2 N–H and O–H groups in total. The van der Waals surface area contributed by atoms with Crippen molar-refractivity contribution in [2.75, 3.05) is 0 Å². The molecule has 1 aliphatic carbocycles. The van der Waals surface area contributed by atoms with Crippen LogP contribution in [0.2, 0.25) is 0 Å². The van der Waals surface area contributed by atoms with Crippen LogP contribution in [0.5, 0.6) is 0 Å². The van der Waals surface area contributed by atoms with Crippen molar-refractivity contribution in [2.45, 2.75) is 52.0 Å². The van der Waals surface area contributed by atoms with Crippen LogP contribution in [-0.2, 0) is 19.4 Å². The highest BCUT2D eigenvalue weighted by atomic mass is 14.9. The predicted octanol–water partition coefficient (Wildman–Crippen LogP) is 1.94. The smallest absolute Gasteiger partial charge is 0.131 e. The van der Waals surface area contributed by atoms with Gasteiger partial charge in [0.15, 0.2) is 0 Å². The summed E-state index contributed by atoms with van der Waals surface area (Å²) in [6.45, 7) is 4.81. The fraction of sp³-hybridized carbons (Fsp3) is 0.667. The zero-order valence-corrected chi connectivity index (χ0v) is 9.58. The monoisotopic (exact) mass is 205 g/mol. The molecule has 0 aromatic carbocycles. The minimum atomic E-state index is 0.391. The van der Waals surface area contributed by atoms with Crippen LogP contribution < -0.4 is 5.73 Å². The Morgan fingerprint density at radius 1 is 1.20 bits per heavy atom. The van der Waals surface area contributed by atoms with E-state index < -0.39 is 0 Å². The fourth-order valence-electron chi connectivity index (χ4n) is 2.12. The molecule has 1 aromatic heterocycles. The van der Waals surface area contributed by atoms with E-state index in [0.29, 0.717) is 12.5 Å². The lowest BCUT2D eigenvalue weighted by Crippen LogP contribution is -2.16. The van der Waals surface area contributed by atoms with Gasteiger partial charge in [0.2, 0.25) is 0 Å². The Kier molecular flexibility index (Phi) is 3.00. The lowest BCUT2D eigenvalue weighted by molar-refractivity contribution is 0.630. The van der Waals surface area contributed by atoms with Gasteiger partial charge in [0.1, 0.15) is 5.82 Å². The highest BCUT2D eigenvalue weighted by Crippen LogP contribution is 2.23. The van der Waals surface area contributed by atoms with Crippen molar-refractivity contribution in [2.24, 2.45) is 5.73 Å². The predicted molar refractivity (Wildman–Crippen MR) is 60.7 cm³/mol. The molecular weight excluding hydrogens is 186 g/mol. The van der Waals surface area contributed by atoms with Gasteiger partial charge in [-0.3, -0.25) is 0 Å². The molecule has 15 heavy (non-hydrogen) atoms. The number of fused-ring (bicyclic) bond motifs is 1. The summed E-state index contributed by atoms with van der Waals surface area (Å²) in [6.07, 6.45) is 4.72. The van der Waals surface area contributed by atoms with Crippen LogP contribution in [0.25, 0.3) is 0 Å². The van der Waals surface area contributed by atoms with E-state index >= 15 is 0 Å². The van der Waals surface area contributed by atoms with Gasteiger partial charge in [-0.05, 0) is 31.2 Å². The van der Waals surface area contributed by atoms with Crippen molar-refractivity contribution in [3.8, 4) is 0 Å². The molecule has 0 amide bonds. The number of nitrogens with zero attached hydrogens (tertiary/aromatic N) is 2. The largest absolute Gasteiger partial charge is 0.325 e. The molecule has 3 heteroatoms. The van der Waals surface area contributed by atoms with Crippen molar-refractivity contribution in [3.05, 3.63) is 22.8 Å². The summed E-state index contributed by atoms with van der Waals surface area (Å²) in [7, 11) is 0. The number of aryl methyl sites for hydroxylation is 1. The Morgan fingerprint density at radius 3 is 2.60 bits per heavy atom. The lowest BCUT2D eigenvalue weighted by Gasteiger charge is -2.19. The van der Waals surface area contributed by atoms with Crippen molar-refractivity contribution < 1.29 is 0 Å². The lowest BCUT2D eigenvalue weighted by atomic mass is 9.94. The molecule has 3 nitrogen and oxygen atoms in total. The first-order valence-electron chi connectivity index (χ1n) is 5.81. The first-order chi connectivity index (χ1) is 7.22. The molecular formula is C12H19N3. The van der Waals surface area contributed by atoms with Crippen molar-refractivity contribution in [3.63, 3.8) is 0 Å². The Hall–Kier alpha value is -0.960. The van der Waals surface area contributed by atoms with Gasteiger partial charge in [-0.2, -0.15) is 0 Å². The van der Waals surface area contributed by atoms with E-state index in [0.717, 1.165) is 24.4 Å².